The summed E-state index contributed by atoms with van der Waals surface area (Å²) in [6, 6.07) is 7.44. The lowest BCUT2D eigenvalue weighted by Gasteiger charge is -2.15. The highest BCUT2D eigenvalue weighted by atomic mass is 35.5. The average Bonchev–Trinajstić information content (AvgIpc) is 2.42. The number of halogens is 1. The van der Waals surface area contributed by atoms with E-state index in [1.807, 2.05) is 24.3 Å². The van der Waals surface area contributed by atoms with Crippen molar-refractivity contribution >= 4 is 17.5 Å². The second-order valence-corrected chi connectivity index (χ2v) is 5.46. The molecule has 0 bridgehead atoms. The molecule has 1 unspecified atom stereocenters. The number of nitrogens with one attached hydrogen (secondary N) is 1. The lowest BCUT2D eigenvalue weighted by atomic mass is 9.99. The summed E-state index contributed by atoms with van der Waals surface area (Å²) in [4.78, 5) is 11.8. The first-order valence-electron chi connectivity index (χ1n) is 7.16. The van der Waals surface area contributed by atoms with E-state index >= 15 is 0 Å². The molecule has 0 saturated heterocycles. The SMILES string of the molecule is CCCCC(CC)CNC(=O)Cc1ccc(Cl)cc1. The van der Waals surface area contributed by atoms with E-state index in [1.54, 1.807) is 0 Å². The second-order valence-electron chi connectivity index (χ2n) is 5.02. The third-order valence-corrected chi connectivity index (χ3v) is 3.66. The molecular weight excluding hydrogens is 258 g/mol. The average molecular weight is 282 g/mol. The van der Waals surface area contributed by atoms with Crippen molar-refractivity contribution in [2.45, 2.75) is 46.0 Å². The van der Waals surface area contributed by atoms with Gasteiger partial charge in [-0.05, 0) is 30.0 Å². The van der Waals surface area contributed by atoms with Crippen LogP contribution in [0.1, 0.15) is 45.1 Å². The van der Waals surface area contributed by atoms with Crippen molar-refractivity contribution in [1.29, 1.82) is 0 Å². The molecular formula is C16H24ClNO. The van der Waals surface area contributed by atoms with Crippen molar-refractivity contribution in [2.24, 2.45) is 5.92 Å². The summed E-state index contributed by atoms with van der Waals surface area (Å²) in [5.41, 5.74) is 1.00. The van der Waals surface area contributed by atoms with E-state index < -0.39 is 0 Å². The van der Waals surface area contributed by atoms with E-state index in [9.17, 15) is 4.79 Å². The summed E-state index contributed by atoms with van der Waals surface area (Å²) in [6.45, 7) is 5.18. The number of rotatable bonds is 8. The van der Waals surface area contributed by atoms with Gasteiger partial charge in [0.25, 0.3) is 0 Å². The fourth-order valence-corrected chi connectivity index (χ4v) is 2.18. The van der Waals surface area contributed by atoms with Crippen molar-refractivity contribution in [1.82, 2.24) is 5.32 Å². The Kier molecular flexibility index (Phi) is 7.57. The molecule has 0 saturated carbocycles. The summed E-state index contributed by atoms with van der Waals surface area (Å²) in [6.07, 6.45) is 5.22. The molecule has 0 radical (unpaired) electrons. The molecule has 19 heavy (non-hydrogen) atoms. The molecule has 106 valence electrons. The molecule has 1 amide bonds. The van der Waals surface area contributed by atoms with Gasteiger partial charge < -0.3 is 5.32 Å². The minimum atomic E-state index is 0.0947. The minimum absolute atomic E-state index is 0.0947. The van der Waals surface area contributed by atoms with Crippen LogP contribution in [0.2, 0.25) is 5.02 Å². The number of amides is 1. The summed E-state index contributed by atoms with van der Waals surface area (Å²) in [7, 11) is 0. The Labute approximate surface area is 121 Å². The molecule has 0 aliphatic heterocycles. The highest BCUT2D eigenvalue weighted by molar-refractivity contribution is 6.30. The van der Waals surface area contributed by atoms with Gasteiger partial charge in [0.05, 0.1) is 6.42 Å². The Hall–Kier alpha value is -1.02. The predicted octanol–water partition coefficient (Wildman–Crippen LogP) is 4.22. The molecule has 0 spiro atoms. The molecule has 1 aromatic carbocycles. The Morgan fingerprint density at radius 1 is 1.26 bits per heavy atom. The zero-order valence-electron chi connectivity index (χ0n) is 11.9. The summed E-state index contributed by atoms with van der Waals surface area (Å²) in [5, 5.41) is 3.74. The van der Waals surface area contributed by atoms with Gasteiger partial charge in [-0.15, -0.1) is 0 Å². The first-order valence-corrected chi connectivity index (χ1v) is 7.54. The van der Waals surface area contributed by atoms with Gasteiger partial charge in [-0.3, -0.25) is 4.79 Å². The van der Waals surface area contributed by atoms with E-state index in [0.29, 0.717) is 17.4 Å². The standard InChI is InChI=1S/C16H24ClNO/c1-3-5-6-13(4-2)12-18-16(19)11-14-7-9-15(17)10-8-14/h7-10,13H,3-6,11-12H2,1-2H3,(H,18,19). The fraction of sp³-hybridized carbons (Fsp3) is 0.562. The molecule has 2 nitrogen and oxygen atoms in total. The summed E-state index contributed by atoms with van der Waals surface area (Å²) >= 11 is 5.82. The summed E-state index contributed by atoms with van der Waals surface area (Å²) in [5.74, 6) is 0.700. The van der Waals surface area contributed by atoms with E-state index in [4.69, 9.17) is 11.6 Å². The van der Waals surface area contributed by atoms with Gasteiger partial charge in [0.2, 0.25) is 5.91 Å². The van der Waals surface area contributed by atoms with Gasteiger partial charge in [-0.1, -0.05) is 56.8 Å². The Morgan fingerprint density at radius 3 is 2.53 bits per heavy atom. The smallest absolute Gasteiger partial charge is 0.224 e. The van der Waals surface area contributed by atoms with Crippen LogP contribution < -0.4 is 5.32 Å². The Balaban J connectivity index is 2.32. The van der Waals surface area contributed by atoms with E-state index in [2.05, 4.69) is 19.2 Å². The maximum atomic E-state index is 11.8. The molecule has 3 heteroatoms. The van der Waals surface area contributed by atoms with Crippen molar-refractivity contribution in [3.05, 3.63) is 34.9 Å². The third kappa shape index (κ3) is 6.63. The monoisotopic (exact) mass is 281 g/mol. The topological polar surface area (TPSA) is 29.1 Å². The molecule has 0 aliphatic carbocycles. The number of benzene rings is 1. The van der Waals surface area contributed by atoms with Crippen molar-refractivity contribution in [3.63, 3.8) is 0 Å². The quantitative estimate of drug-likeness (QED) is 0.760. The number of carbonyl (C=O) groups excluding carboxylic acids is 1. The third-order valence-electron chi connectivity index (χ3n) is 3.41. The Bertz CT molecular complexity index is 375. The van der Waals surface area contributed by atoms with Crippen LogP contribution in [0.25, 0.3) is 0 Å². The van der Waals surface area contributed by atoms with Crippen LogP contribution in [-0.4, -0.2) is 12.5 Å². The van der Waals surface area contributed by atoms with Crippen molar-refractivity contribution in [3.8, 4) is 0 Å². The number of hydrogen-bond donors (Lipinski definition) is 1. The lowest BCUT2D eigenvalue weighted by molar-refractivity contribution is -0.120. The van der Waals surface area contributed by atoms with E-state index in [-0.39, 0.29) is 5.91 Å². The summed E-state index contributed by atoms with van der Waals surface area (Å²) < 4.78 is 0. The predicted molar refractivity (Wildman–Crippen MR) is 81.5 cm³/mol. The van der Waals surface area contributed by atoms with Gasteiger partial charge in [-0.25, -0.2) is 0 Å². The maximum Gasteiger partial charge on any atom is 0.224 e. The molecule has 1 N–H and O–H groups in total. The highest BCUT2D eigenvalue weighted by Gasteiger charge is 2.08. The van der Waals surface area contributed by atoms with Crippen LogP contribution in [0.5, 0.6) is 0 Å². The van der Waals surface area contributed by atoms with Crippen molar-refractivity contribution in [2.75, 3.05) is 6.54 Å². The van der Waals surface area contributed by atoms with Crippen LogP contribution in [0.15, 0.2) is 24.3 Å². The number of carbonyl (C=O) groups is 1. The highest BCUT2D eigenvalue weighted by Crippen LogP contribution is 2.12. The van der Waals surface area contributed by atoms with E-state index in [0.717, 1.165) is 18.5 Å². The lowest BCUT2D eigenvalue weighted by Crippen LogP contribution is -2.30. The van der Waals surface area contributed by atoms with Gasteiger partial charge in [0, 0.05) is 11.6 Å². The Morgan fingerprint density at radius 2 is 1.95 bits per heavy atom. The molecule has 0 heterocycles. The van der Waals surface area contributed by atoms with Crippen LogP contribution >= 0.6 is 11.6 Å². The molecule has 0 aliphatic rings. The molecule has 0 aromatic heterocycles. The molecule has 0 fully saturated rings. The van der Waals surface area contributed by atoms with Gasteiger partial charge in [0.1, 0.15) is 0 Å². The van der Waals surface area contributed by atoms with Crippen molar-refractivity contribution < 1.29 is 4.79 Å². The second kappa shape index (κ2) is 8.98. The largest absolute Gasteiger partial charge is 0.356 e. The molecule has 1 rings (SSSR count). The zero-order valence-corrected chi connectivity index (χ0v) is 12.7. The van der Waals surface area contributed by atoms with E-state index in [1.165, 1.54) is 19.3 Å². The van der Waals surface area contributed by atoms with Crippen LogP contribution in [0, 0.1) is 5.92 Å². The van der Waals surface area contributed by atoms with Gasteiger partial charge in [0.15, 0.2) is 0 Å². The normalized spacial score (nSPS) is 12.2. The number of unbranched alkanes of at least 4 members (excludes halogenated alkanes) is 1. The fourth-order valence-electron chi connectivity index (χ4n) is 2.05. The van der Waals surface area contributed by atoms with Gasteiger partial charge >= 0.3 is 0 Å². The first-order chi connectivity index (χ1) is 9.15. The molecule has 1 atom stereocenters. The maximum absolute atomic E-state index is 11.8. The van der Waals surface area contributed by atoms with Gasteiger partial charge in [-0.2, -0.15) is 0 Å². The first kappa shape index (κ1) is 16.0. The minimum Gasteiger partial charge on any atom is -0.356 e. The van der Waals surface area contributed by atoms with Crippen LogP contribution in [-0.2, 0) is 11.2 Å². The van der Waals surface area contributed by atoms with Crippen LogP contribution in [0.4, 0.5) is 0 Å². The number of hydrogen-bond acceptors (Lipinski definition) is 1. The van der Waals surface area contributed by atoms with Crippen LogP contribution in [0.3, 0.4) is 0 Å². The zero-order chi connectivity index (χ0) is 14.1. The molecule has 1 aromatic rings.